The van der Waals surface area contributed by atoms with Gasteiger partial charge in [0, 0.05) is 0 Å². The summed E-state index contributed by atoms with van der Waals surface area (Å²) in [6, 6.07) is 3.66. The number of rotatable bonds is 1. The molecule has 0 aromatic carbocycles. The van der Waals surface area contributed by atoms with Gasteiger partial charge in [-0.25, -0.2) is 0 Å². The zero-order chi connectivity index (χ0) is 7.82. The molecule has 0 bridgehead atoms. The fourth-order valence-corrected chi connectivity index (χ4v) is 0.541. The molecule has 0 aliphatic carbocycles. The maximum absolute atomic E-state index is 8.57. The van der Waals surface area contributed by atoms with Crippen molar-refractivity contribution in [3.63, 3.8) is 0 Å². The Balaban J connectivity index is 0.000000236. The Morgan fingerprint density at radius 3 is 2.50 bits per heavy atom. The van der Waals surface area contributed by atoms with Crippen LogP contribution in [0.3, 0.4) is 0 Å². The van der Waals surface area contributed by atoms with E-state index in [4.69, 9.17) is 20.8 Å². The smallest absolute Gasteiger partial charge is 0.208 e. The van der Waals surface area contributed by atoms with Crippen LogP contribution in [-0.2, 0) is 10.7 Å². The lowest BCUT2D eigenvalue weighted by molar-refractivity contribution is 0.529. The molecule has 0 radical (unpaired) electrons. The minimum Gasteiger partial charge on any atom is -0.468 e. The van der Waals surface area contributed by atoms with Crippen molar-refractivity contribution in [3.8, 4) is 0 Å². The molecule has 0 unspecified atom stereocenters. The van der Waals surface area contributed by atoms with Gasteiger partial charge >= 0.3 is 0 Å². The molecule has 56 valence electrons. The Morgan fingerprint density at radius 1 is 1.70 bits per heavy atom. The van der Waals surface area contributed by atoms with Gasteiger partial charge in [-0.1, -0.05) is 0 Å². The highest BCUT2D eigenvalue weighted by Crippen LogP contribution is 2.01. The molecule has 1 rings (SSSR count). The number of halogens is 2. The highest BCUT2D eigenvalue weighted by atomic mass is 35.5. The number of furan rings is 1. The first kappa shape index (κ1) is 9.53. The summed E-state index contributed by atoms with van der Waals surface area (Å²) in [4.78, 5) is 8.57. The van der Waals surface area contributed by atoms with E-state index in [1.165, 1.54) is 0 Å². The first-order valence-electron chi connectivity index (χ1n) is 2.47. The van der Waals surface area contributed by atoms with Crippen LogP contribution in [0.15, 0.2) is 22.8 Å². The lowest BCUT2D eigenvalue weighted by Crippen LogP contribution is -1.62. The second-order valence-corrected chi connectivity index (χ2v) is 1.75. The normalized spacial score (nSPS) is 7.80. The van der Waals surface area contributed by atoms with Crippen molar-refractivity contribution in [2.24, 2.45) is 0 Å². The molecule has 0 atom stereocenters. The molecule has 1 heterocycles. The van der Waals surface area contributed by atoms with Crippen LogP contribution in [0.2, 0.25) is 0 Å². The summed E-state index contributed by atoms with van der Waals surface area (Å²) in [5.74, 6) is 1.51. The molecule has 0 saturated carbocycles. The summed E-state index contributed by atoms with van der Waals surface area (Å²) in [6.45, 7) is 0. The topological polar surface area (TPSA) is 30.2 Å². The van der Waals surface area contributed by atoms with Crippen molar-refractivity contribution in [1.82, 2.24) is 0 Å². The molecule has 10 heavy (non-hydrogen) atoms. The monoisotopic (exact) mass is 180 g/mol. The van der Waals surface area contributed by atoms with Crippen molar-refractivity contribution in [3.05, 3.63) is 24.2 Å². The predicted molar refractivity (Wildman–Crippen MR) is 40.9 cm³/mol. The van der Waals surface area contributed by atoms with Gasteiger partial charge in [0.2, 0.25) is 5.75 Å². The van der Waals surface area contributed by atoms with Crippen LogP contribution in [0.1, 0.15) is 5.76 Å². The van der Waals surface area contributed by atoms with Crippen molar-refractivity contribution in [1.29, 1.82) is 0 Å². The zero-order valence-corrected chi connectivity index (χ0v) is 6.60. The molecule has 0 aliphatic heterocycles. The van der Waals surface area contributed by atoms with Gasteiger partial charge in [0.1, 0.15) is 5.76 Å². The fraction of sp³-hybridized carbons (Fsp3) is 0.167. The number of carbonyl (C=O) groups excluding carboxylic acids is 1. The summed E-state index contributed by atoms with van der Waals surface area (Å²) >= 11 is 9.69. The summed E-state index contributed by atoms with van der Waals surface area (Å²) in [5, 5.41) is 0. The zero-order valence-electron chi connectivity index (χ0n) is 5.09. The average molecular weight is 181 g/mol. The molecule has 0 saturated heterocycles. The summed E-state index contributed by atoms with van der Waals surface area (Å²) in [5.41, 5.74) is 0. The first-order valence-corrected chi connectivity index (χ1v) is 3.44. The van der Waals surface area contributed by atoms with Crippen molar-refractivity contribution < 1.29 is 9.21 Å². The molecule has 1 aromatic heterocycles. The van der Waals surface area contributed by atoms with Crippen LogP contribution < -0.4 is 0 Å². The van der Waals surface area contributed by atoms with E-state index in [-0.39, 0.29) is 5.75 Å². The quantitative estimate of drug-likeness (QED) is 0.378. The molecular formula is C6H6Cl2O2. The van der Waals surface area contributed by atoms with E-state index in [0.29, 0.717) is 5.88 Å². The maximum Gasteiger partial charge on any atom is 0.208 e. The molecular weight excluding hydrogens is 175 g/mol. The van der Waals surface area contributed by atoms with Gasteiger partial charge in [-0.3, -0.25) is 4.79 Å². The lowest BCUT2D eigenvalue weighted by Gasteiger charge is -1.77. The molecule has 2 nitrogen and oxygen atoms in total. The molecule has 0 N–H and O–H groups in total. The Hall–Kier alpha value is -0.470. The molecule has 0 amide bonds. The van der Waals surface area contributed by atoms with Gasteiger partial charge in [0.15, 0.2) is 0 Å². The van der Waals surface area contributed by atoms with E-state index < -0.39 is 0 Å². The Morgan fingerprint density at radius 2 is 2.30 bits per heavy atom. The molecule has 0 aliphatic rings. The van der Waals surface area contributed by atoms with Gasteiger partial charge in [-0.2, -0.15) is 0 Å². The van der Waals surface area contributed by atoms with E-state index in [9.17, 15) is 0 Å². The van der Waals surface area contributed by atoms with Gasteiger partial charge in [-0.15, -0.1) is 11.6 Å². The van der Waals surface area contributed by atoms with Crippen LogP contribution in [0.25, 0.3) is 0 Å². The Labute approximate surface area is 68.7 Å². The van der Waals surface area contributed by atoms with E-state index in [1.54, 1.807) is 6.26 Å². The highest BCUT2D eigenvalue weighted by Gasteiger charge is 1.86. The third-order valence-corrected chi connectivity index (χ3v) is 0.975. The van der Waals surface area contributed by atoms with Crippen LogP contribution in [0.5, 0.6) is 0 Å². The molecule has 0 fully saturated rings. The van der Waals surface area contributed by atoms with Crippen LogP contribution >= 0.6 is 23.2 Å². The maximum atomic E-state index is 8.57. The van der Waals surface area contributed by atoms with Gasteiger partial charge in [0.05, 0.1) is 12.1 Å². The van der Waals surface area contributed by atoms with E-state index in [0.717, 1.165) is 5.76 Å². The number of carbonyl (C=O) groups is 1. The number of hydrogen-bond acceptors (Lipinski definition) is 2. The van der Waals surface area contributed by atoms with Crippen LogP contribution in [0, 0.1) is 0 Å². The Kier molecular flexibility index (Phi) is 6.33. The average Bonchev–Trinajstić information content (AvgIpc) is 2.39. The van der Waals surface area contributed by atoms with Crippen LogP contribution in [0.4, 0.5) is 0 Å². The third-order valence-electron chi connectivity index (χ3n) is 0.712. The second kappa shape index (κ2) is 6.65. The predicted octanol–water partition coefficient (Wildman–Crippen LogP) is 2.43. The van der Waals surface area contributed by atoms with E-state index in [2.05, 4.69) is 11.6 Å². The Bertz CT molecular complexity index is 160. The summed E-state index contributed by atoms with van der Waals surface area (Å²) in [7, 11) is 0. The van der Waals surface area contributed by atoms with Crippen molar-refractivity contribution in [2.75, 3.05) is 0 Å². The largest absolute Gasteiger partial charge is 0.468 e. The number of hydrogen-bond donors (Lipinski definition) is 0. The molecule has 0 spiro atoms. The standard InChI is InChI=1S/C5H5ClO.CHClO/c6-4-5-2-1-3-7-5;2-1-3/h1-3H,4H2;1H. The highest BCUT2D eigenvalue weighted by molar-refractivity contribution is 6.54. The fourth-order valence-electron chi connectivity index (χ4n) is 0.389. The van der Waals surface area contributed by atoms with Gasteiger partial charge < -0.3 is 4.42 Å². The summed E-state index contributed by atoms with van der Waals surface area (Å²) < 4.78 is 4.85. The third kappa shape index (κ3) is 4.41. The van der Waals surface area contributed by atoms with Crippen LogP contribution in [-0.4, -0.2) is 5.75 Å². The molecule has 4 heteroatoms. The lowest BCUT2D eigenvalue weighted by atomic mass is 10.5. The SMILES string of the molecule is ClCc1ccco1.O=CCl. The van der Waals surface area contributed by atoms with Crippen molar-refractivity contribution in [2.45, 2.75) is 5.88 Å². The van der Waals surface area contributed by atoms with Gasteiger partial charge in [0.25, 0.3) is 0 Å². The first-order chi connectivity index (χ1) is 4.85. The minimum absolute atomic E-state index is 0.222. The molecule has 1 aromatic rings. The second-order valence-electron chi connectivity index (χ2n) is 1.30. The van der Waals surface area contributed by atoms with E-state index >= 15 is 0 Å². The van der Waals surface area contributed by atoms with E-state index in [1.807, 2.05) is 12.1 Å². The minimum atomic E-state index is 0.222. The number of alkyl halides is 1. The van der Waals surface area contributed by atoms with Gasteiger partial charge in [-0.05, 0) is 23.7 Å². The van der Waals surface area contributed by atoms with Crippen molar-refractivity contribution >= 4 is 28.9 Å². The summed E-state index contributed by atoms with van der Waals surface area (Å²) in [6.07, 6.45) is 1.61.